The molecule has 0 saturated carbocycles. The monoisotopic (exact) mass is 442 g/mol. The summed E-state index contributed by atoms with van der Waals surface area (Å²) in [6.07, 6.45) is -0.0246. The highest BCUT2D eigenvalue weighted by atomic mass is 79.9. The Morgan fingerprint density at radius 3 is 2.27 bits per heavy atom. The van der Waals surface area contributed by atoms with Crippen LogP contribution in [0.3, 0.4) is 0 Å². The van der Waals surface area contributed by atoms with Crippen LogP contribution in [0.4, 0.5) is 5.69 Å². The zero-order valence-electron chi connectivity index (χ0n) is 14.3. The van der Waals surface area contributed by atoms with E-state index in [0.29, 0.717) is 21.7 Å². The molecule has 0 aliphatic heterocycles. The van der Waals surface area contributed by atoms with E-state index in [1.165, 1.54) is 20.3 Å². The van der Waals surface area contributed by atoms with Crippen LogP contribution < -0.4 is 19.5 Å². The third-order valence-electron chi connectivity index (χ3n) is 3.41. The van der Waals surface area contributed by atoms with Gasteiger partial charge in [-0.3, -0.25) is 4.79 Å². The van der Waals surface area contributed by atoms with Gasteiger partial charge in [-0.25, -0.2) is 13.1 Å². The number of rotatable bonds is 8. The summed E-state index contributed by atoms with van der Waals surface area (Å²) in [5, 5.41) is 2.69. The Morgan fingerprint density at radius 1 is 1.08 bits per heavy atom. The SMILES string of the molecule is COc1cc(NC(=O)CCNS(=O)(=O)c2ccccc2Br)cc(OC)c1. The van der Waals surface area contributed by atoms with Gasteiger partial charge in [0.25, 0.3) is 0 Å². The van der Waals surface area contributed by atoms with Crippen molar-refractivity contribution >= 4 is 37.5 Å². The lowest BCUT2D eigenvalue weighted by Crippen LogP contribution is -2.28. The van der Waals surface area contributed by atoms with Crippen molar-refractivity contribution in [3.8, 4) is 11.5 Å². The Kier molecular flexibility index (Phi) is 7.01. The number of methoxy groups -OCH3 is 2. The number of hydrogen-bond donors (Lipinski definition) is 2. The van der Waals surface area contributed by atoms with Crippen LogP contribution in [0.1, 0.15) is 6.42 Å². The van der Waals surface area contributed by atoms with E-state index in [1.54, 1.807) is 36.4 Å². The van der Waals surface area contributed by atoms with E-state index in [4.69, 9.17) is 9.47 Å². The van der Waals surface area contributed by atoms with Crippen molar-refractivity contribution in [3.05, 3.63) is 46.9 Å². The number of sulfonamides is 1. The maximum Gasteiger partial charge on any atom is 0.241 e. The minimum absolute atomic E-state index is 0.0246. The highest BCUT2D eigenvalue weighted by Crippen LogP contribution is 2.26. The van der Waals surface area contributed by atoms with Crippen molar-refractivity contribution in [1.29, 1.82) is 0 Å². The predicted molar refractivity (Wildman–Crippen MR) is 102 cm³/mol. The van der Waals surface area contributed by atoms with Gasteiger partial charge in [0.2, 0.25) is 15.9 Å². The van der Waals surface area contributed by atoms with Crippen LogP contribution in [0.2, 0.25) is 0 Å². The van der Waals surface area contributed by atoms with Crippen molar-refractivity contribution in [3.63, 3.8) is 0 Å². The molecular weight excluding hydrogens is 424 g/mol. The molecule has 2 rings (SSSR count). The molecule has 0 unspecified atom stereocenters. The van der Waals surface area contributed by atoms with Crippen molar-refractivity contribution in [1.82, 2.24) is 4.72 Å². The number of amides is 1. The first-order valence-electron chi connectivity index (χ1n) is 7.63. The number of ether oxygens (including phenoxy) is 2. The van der Waals surface area contributed by atoms with E-state index in [0.717, 1.165) is 0 Å². The number of halogens is 1. The van der Waals surface area contributed by atoms with Crippen LogP contribution in [-0.4, -0.2) is 35.1 Å². The molecule has 0 atom stereocenters. The first-order chi connectivity index (χ1) is 12.4. The molecule has 0 radical (unpaired) electrons. The standard InChI is InChI=1S/C17H19BrN2O5S/c1-24-13-9-12(10-14(11-13)25-2)20-17(21)7-8-19-26(22,23)16-6-4-3-5-15(16)18/h3-6,9-11,19H,7-8H2,1-2H3,(H,20,21). The van der Waals surface area contributed by atoms with Gasteiger partial charge >= 0.3 is 0 Å². The Morgan fingerprint density at radius 2 is 1.69 bits per heavy atom. The largest absolute Gasteiger partial charge is 0.497 e. The number of nitrogens with one attached hydrogen (secondary N) is 2. The van der Waals surface area contributed by atoms with Crippen molar-refractivity contribution in [2.45, 2.75) is 11.3 Å². The molecule has 26 heavy (non-hydrogen) atoms. The van der Waals surface area contributed by atoms with E-state index in [-0.39, 0.29) is 23.8 Å². The minimum Gasteiger partial charge on any atom is -0.497 e. The fourth-order valence-corrected chi connectivity index (χ4v) is 4.18. The summed E-state index contributed by atoms with van der Waals surface area (Å²) in [6.45, 7) is -0.0311. The number of carbonyl (C=O) groups excluding carboxylic acids is 1. The quantitative estimate of drug-likeness (QED) is 0.655. The zero-order chi connectivity index (χ0) is 19.2. The lowest BCUT2D eigenvalue weighted by Gasteiger charge is -2.11. The summed E-state index contributed by atoms with van der Waals surface area (Å²) in [4.78, 5) is 12.2. The molecule has 2 aromatic carbocycles. The number of carbonyl (C=O) groups is 1. The number of hydrogen-bond acceptors (Lipinski definition) is 5. The van der Waals surface area contributed by atoms with E-state index < -0.39 is 10.0 Å². The van der Waals surface area contributed by atoms with E-state index in [9.17, 15) is 13.2 Å². The molecule has 0 aliphatic rings. The summed E-state index contributed by atoms with van der Waals surface area (Å²) in [5.74, 6) is 0.735. The molecule has 0 aliphatic carbocycles. The third kappa shape index (κ3) is 5.45. The fraction of sp³-hybridized carbons (Fsp3) is 0.235. The second-order valence-electron chi connectivity index (χ2n) is 5.23. The Bertz CT molecular complexity index is 864. The number of benzene rings is 2. The highest BCUT2D eigenvalue weighted by molar-refractivity contribution is 9.10. The van der Waals surface area contributed by atoms with Crippen LogP contribution in [-0.2, 0) is 14.8 Å². The van der Waals surface area contributed by atoms with E-state index in [2.05, 4.69) is 26.0 Å². The lowest BCUT2D eigenvalue weighted by molar-refractivity contribution is -0.116. The molecule has 0 aromatic heterocycles. The summed E-state index contributed by atoms with van der Waals surface area (Å²) in [6, 6.07) is 11.4. The molecule has 9 heteroatoms. The molecule has 0 saturated heterocycles. The normalized spacial score (nSPS) is 11.0. The van der Waals surface area contributed by atoms with Gasteiger partial charge in [0.15, 0.2) is 0 Å². The molecule has 0 bridgehead atoms. The minimum atomic E-state index is -3.70. The van der Waals surface area contributed by atoms with Gasteiger partial charge in [-0.2, -0.15) is 0 Å². The highest BCUT2D eigenvalue weighted by Gasteiger charge is 2.17. The van der Waals surface area contributed by atoms with Gasteiger partial charge in [0.05, 0.1) is 19.1 Å². The van der Waals surface area contributed by atoms with Crippen LogP contribution in [0, 0.1) is 0 Å². The fourth-order valence-electron chi connectivity index (χ4n) is 2.14. The summed E-state index contributed by atoms with van der Waals surface area (Å²) >= 11 is 3.20. The van der Waals surface area contributed by atoms with Crippen LogP contribution >= 0.6 is 15.9 Å². The average molecular weight is 443 g/mol. The maximum absolute atomic E-state index is 12.3. The number of anilines is 1. The van der Waals surface area contributed by atoms with Crippen LogP contribution in [0.25, 0.3) is 0 Å². The summed E-state index contributed by atoms with van der Waals surface area (Å²) < 4.78 is 37.7. The first kappa shape index (κ1) is 20.2. The van der Waals surface area contributed by atoms with Crippen LogP contribution in [0.5, 0.6) is 11.5 Å². The molecule has 2 N–H and O–H groups in total. The van der Waals surface area contributed by atoms with Gasteiger partial charge < -0.3 is 14.8 Å². The van der Waals surface area contributed by atoms with Gasteiger partial charge in [0.1, 0.15) is 11.5 Å². The Hall–Kier alpha value is -2.10. The van der Waals surface area contributed by atoms with E-state index >= 15 is 0 Å². The maximum atomic E-state index is 12.3. The van der Waals surface area contributed by atoms with Crippen molar-refractivity contribution in [2.75, 3.05) is 26.1 Å². The molecule has 0 spiro atoms. The van der Waals surface area contributed by atoms with Crippen LogP contribution in [0.15, 0.2) is 51.8 Å². The topological polar surface area (TPSA) is 93.7 Å². The lowest BCUT2D eigenvalue weighted by atomic mass is 10.2. The molecule has 0 heterocycles. The summed E-state index contributed by atoms with van der Waals surface area (Å²) in [5.41, 5.74) is 0.500. The first-order valence-corrected chi connectivity index (χ1v) is 9.90. The average Bonchev–Trinajstić information content (AvgIpc) is 2.61. The molecule has 7 nitrogen and oxygen atoms in total. The molecule has 2 aromatic rings. The van der Waals surface area contributed by atoms with Gasteiger partial charge in [-0.05, 0) is 28.1 Å². The molecular formula is C17H19BrN2O5S. The molecule has 140 valence electrons. The zero-order valence-corrected chi connectivity index (χ0v) is 16.7. The smallest absolute Gasteiger partial charge is 0.241 e. The van der Waals surface area contributed by atoms with Gasteiger partial charge in [-0.15, -0.1) is 0 Å². The Labute approximate surface area is 160 Å². The molecule has 0 fully saturated rings. The third-order valence-corrected chi connectivity index (χ3v) is 5.88. The summed E-state index contributed by atoms with van der Waals surface area (Å²) in [7, 11) is -0.676. The Balaban J connectivity index is 1.94. The predicted octanol–water partition coefficient (Wildman–Crippen LogP) is 2.77. The van der Waals surface area contributed by atoms with Gasteiger partial charge in [-0.1, -0.05) is 12.1 Å². The second kappa shape index (κ2) is 9.02. The van der Waals surface area contributed by atoms with Crippen molar-refractivity contribution < 1.29 is 22.7 Å². The molecule has 1 amide bonds. The van der Waals surface area contributed by atoms with Gasteiger partial charge in [0, 0.05) is 41.3 Å². The van der Waals surface area contributed by atoms with E-state index in [1.807, 2.05) is 0 Å². The second-order valence-corrected chi connectivity index (χ2v) is 7.82. The van der Waals surface area contributed by atoms with Crippen molar-refractivity contribution in [2.24, 2.45) is 0 Å².